The van der Waals surface area contributed by atoms with Crippen LogP contribution in [0.25, 0.3) is 10.2 Å². The molecular weight excluding hydrogens is 482 g/mol. The van der Waals surface area contributed by atoms with Crippen LogP contribution in [0, 0.1) is 20.8 Å². The lowest BCUT2D eigenvalue weighted by molar-refractivity contribution is -0.122. The van der Waals surface area contributed by atoms with Gasteiger partial charge >= 0.3 is 0 Å². The molecule has 2 saturated heterocycles. The molecule has 0 spiro atoms. The Morgan fingerprint density at radius 3 is 2.60 bits per heavy atom. The summed E-state index contributed by atoms with van der Waals surface area (Å²) in [6, 6.07) is 10.2. The molecule has 1 amide bonds. The van der Waals surface area contributed by atoms with Crippen molar-refractivity contribution in [2.24, 2.45) is 0 Å². The van der Waals surface area contributed by atoms with Crippen molar-refractivity contribution in [3.63, 3.8) is 0 Å². The van der Waals surface area contributed by atoms with Crippen LogP contribution >= 0.6 is 11.3 Å². The Balaban J connectivity index is 1.50. The van der Waals surface area contributed by atoms with E-state index in [2.05, 4.69) is 13.0 Å². The van der Waals surface area contributed by atoms with E-state index in [1.54, 1.807) is 29.2 Å². The number of carbonyl (C=O) groups is 1. The lowest BCUT2D eigenvalue weighted by Gasteiger charge is -2.29. The molecule has 2 atom stereocenters. The number of thiazole rings is 1. The van der Waals surface area contributed by atoms with Crippen LogP contribution in [0.3, 0.4) is 0 Å². The highest BCUT2D eigenvalue weighted by molar-refractivity contribution is 7.89. The maximum absolute atomic E-state index is 14.0. The van der Waals surface area contributed by atoms with E-state index in [0.717, 1.165) is 39.7 Å². The summed E-state index contributed by atoms with van der Waals surface area (Å²) in [4.78, 5) is 20.8. The third-order valence-corrected chi connectivity index (χ3v) is 9.98. The van der Waals surface area contributed by atoms with Gasteiger partial charge in [0.25, 0.3) is 0 Å². The second-order valence-electron chi connectivity index (χ2n) is 9.60. The van der Waals surface area contributed by atoms with Crippen molar-refractivity contribution in [1.29, 1.82) is 0 Å². The number of fused-ring (bicyclic) bond motifs is 1. The Bertz CT molecular complexity index is 1340. The highest BCUT2D eigenvalue weighted by Gasteiger charge is 2.42. The lowest BCUT2D eigenvalue weighted by Crippen LogP contribution is -2.49. The van der Waals surface area contributed by atoms with Gasteiger partial charge in [-0.15, -0.1) is 0 Å². The second kappa shape index (κ2) is 9.61. The van der Waals surface area contributed by atoms with Crippen molar-refractivity contribution in [2.45, 2.75) is 63.5 Å². The molecule has 7 nitrogen and oxygen atoms in total. The van der Waals surface area contributed by atoms with Crippen molar-refractivity contribution in [2.75, 3.05) is 24.6 Å². The molecule has 2 fully saturated rings. The van der Waals surface area contributed by atoms with E-state index in [1.807, 2.05) is 19.9 Å². The molecule has 3 heterocycles. The molecule has 1 aromatic heterocycles. The first-order valence-corrected chi connectivity index (χ1v) is 14.4. The number of ether oxygens (including phenoxy) is 1. The fraction of sp³-hybridized carbons (Fsp3) is 0.462. The summed E-state index contributed by atoms with van der Waals surface area (Å²) in [7, 11) is -3.79. The van der Waals surface area contributed by atoms with E-state index in [1.165, 1.54) is 15.6 Å². The molecule has 0 radical (unpaired) electrons. The van der Waals surface area contributed by atoms with Gasteiger partial charge in [0.2, 0.25) is 15.9 Å². The van der Waals surface area contributed by atoms with Gasteiger partial charge in [0, 0.05) is 13.2 Å². The van der Waals surface area contributed by atoms with Crippen LogP contribution in [0.5, 0.6) is 0 Å². The summed E-state index contributed by atoms with van der Waals surface area (Å²) in [5.41, 5.74) is 4.10. The molecule has 0 bridgehead atoms. The topological polar surface area (TPSA) is 79.8 Å². The molecule has 0 saturated carbocycles. The highest BCUT2D eigenvalue weighted by Crippen LogP contribution is 2.35. The first-order valence-electron chi connectivity index (χ1n) is 12.1. The van der Waals surface area contributed by atoms with Gasteiger partial charge in [-0.05, 0) is 75.8 Å². The number of amides is 1. The molecule has 35 heavy (non-hydrogen) atoms. The largest absolute Gasteiger partial charge is 0.376 e. The predicted molar refractivity (Wildman–Crippen MR) is 139 cm³/mol. The quantitative estimate of drug-likeness (QED) is 0.482. The first-order chi connectivity index (χ1) is 16.7. The van der Waals surface area contributed by atoms with Crippen molar-refractivity contribution in [3.8, 4) is 0 Å². The Labute approximate surface area is 210 Å². The third-order valence-electron chi connectivity index (χ3n) is 6.83. The van der Waals surface area contributed by atoms with Crippen LogP contribution in [0.2, 0.25) is 0 Å². The fourth-order valence-corrected chi connectivity index (χ4v) is 7.72. The van der Waals surface area contributed by atoms with Crippen LogP contribution in [0.4, 0.5) is 5.13 Å². The summed E-state index contributed by atoms with van der Waals surface area (Å²) in [6.07, 6.45) is 2.91. The van der Waals surface area contributed by atoms with Crippen LogP contribution in [0.1, 0.15) is 42.4 Å². The first kappa shape index (κ1) is 24.4. The average Bonchev–Trinajstić information content (AvgIpc) is 3.57. The Hall–Kier alpha value is -2.33. The van der Waals surface area contributed by atoms with Gasteiger partial charge < -0.3 is 4.74 Å². The number of aromatic nitrogens is 1. The van der Waals surface area contributed by atoms with Crippen molar-refractivity contribution in [1.82, 2.24) is 9.29 Å². The lowest BCUT2D eigenvalue weighted by atomic mass is 10.1. The zero-order valence-corrected chi connectivity index (χ0v) is 22.0. The maximum Gasteiger partial charge on any atom is 0.247 e. The fourth-order valence-electron chi connectivity index (χ4n) is 5.03. The number of carbonyl (C=O) groups excluding carboxylic acids is 1. The van der Waals surface area contributed by atoms with E-state index in [0.29, 0.717) is 37.7 Å². The van der Waals surface area contributed by atoms with E-state index < -0.39 is 16.1 Å². The zero-order chi connectivity index (χ0) is 24.7. The summed E-state index contributed by atoms with van der Waals surface area (Å²) in [5.74, 6) is -0.220. The number of rotatable bonds is 6. The summed E-state index contributed by atoms with van der Waals surface area (Å²) in [5, 5.41) is 0.605. The van der Waals surface area contributed by atoms with Crippen LogP contribution < -0.4 is 4.90 Å². The number of benzene rings is 2. The molecule has 0 N–H and O–H groups in total. The van der Waals surface area contributed by atoms with E-state index in [-0.39, 0.29) is 16.9 Å². The minimum atomic E-state index is -3.79. The molecule has 0 aliphatic carbocycles. The van der Waals surface area contributed by atoms with Crippen LogP contribution in [0.15, 0.2) is 41.3 Å². The third kappa shape index (κ3) is 4.74. The molecule has 2 aliphatic heterocycles. The molecular formula is C26H31N3O4S2. The number of sulfonamides is 1. The van der Waals surface area contributed by atoms with Gasteiger partial charge in [0.05, 0.1) is 27.8 Å². The molecule has 9 heteroatoms. The predicted octanol–water partition coefficient (Wildman–Crippen LogP) is 4.59. The van der Waals surface area contributed by atoms with Gasteiger partial charge in [0.15, 0.2) is 5.13 Å². The van der Waals surface area contributed by atoms with E-state index in [4.69, 9.17) is 9.72 Å². The molecule has 2 unspecified atom stereocenters. The Kier molecular flexibility index (Phi) is 6.69. The zero-order valence-electron chi connectivity index (χ0n) is 20.4. The molecule has 3 aromatic rings. The standard InChI is InChI=1S/C26H31N3O4S2/c1-17-8-10-21(11-9-17)35(31,32)29-12-4-7-23(29)25(30)28(16-20-6-5-13-33-20)26-27-22-15-18(2)14-19(3)24(22)34-26/h8-11,14-15,20,23H,4-7,12-13,16H2,1-3H3. The van der Waals surface area contributed by atoms with Gasteiger partial charge in [-0.3, -0.25) is 9.69 Å². The molecule has 5 rings (SSSR count). The van der Waals surface area contributed by atoms with Gasteiger partial charge in [-0.1, -0.05) is 35.1 Å². The Morgan fingerprint density at radius 1 is 1.11 bits per heavy atom. The summed E-state index contributed by atoms with van der Waals surface area (Å²) < 4.78 is 35.3. The number of nitrogens with zero attached hydrogens (tertiary/aromatic N) is 3. The van der Waals surface area contributed by atoms with Crippen LogP contribution in [-0.4, -0.2) is 55.5 Å². The van der Waals surface area contributed by atoms with E-state index >= 15 is 0 Å². The minimum Gasteiger partial charge on any atom is -0.376 e. The van der Waals surface area contributed by atoms with Gasteiger partial charge in [-0.2, -0.15) is 4.31 Å². The average molecular weight is 514 g/mol. The van der Waals surface area contributed by atoms with Crippen LogP contribution in [-0.2, 0) is 19.6 Å². The molecule has 186 valence electrons. The number of hydrogen-bond acceptors (Lipinski definition) is 6. The number of aryl methyl sites for hydroxylation is 3. The smallest absolute Gasteiger partial charge is 0.247 e. The normalized spacial score (nSPS) is 21.1. The van der Waals surface area contributed by atoms with Gasteiger partial charge in [0.1, 0.15) is 6.04 Å². The second-order valence-corrected chi connectivity index (χ2v) is 12.5. The molecule has 2 aromatic carbocycles. The van der Waals surface area contributed by atoms with E-state index in [9.17, 15) is 13.2 Å². The van der Waals surface area contributed by atoms with Crippen molar-refractivity contribution in [3.05, 3.63) is 53.1 Å². The maximum atomic E-state index is 14.0. The Morgan fingerprint density at radius 2 is 1.89 bits per heavy atom. The number of hydrogen-bond donors (Lipinski definition) is 0. The summed E-state index contributed by atoms with van der Waals surface area (Å²) in [6.45, 7) is 7.40. The minimum absolute atomic E-state index is 0.0719. The monoisotopic (exact) mass is 513 g/mol. The van der Waals surface area contributed by atoms with Gasteiger partial charge in [-0.25, -0.2) is 13.4 Å². The van der Waals surface area contributed by atoms with Crippen molar-refractivity contribution < 1.29 is 17.9 Å². The molecule has 2 aliphatic rings. The summed E-state index contributed by atoms with van der Waals surface area (Å²) >= 11 is 1.49. The number of anilines is 1. The highest BCUT2D eigenvalue weighted by atomic mass is 32.2. The SMILES string of the molecule is Cc1ccc(S(=O)(=O)N2CCCC2C(=O)N(CC2CCCO2)c2nc3cc(C)cc(C)c3s2)cc1. The van der Waals surface area contributed by atoms with Crippen molar-refractivity contribution >= 4 is 42.6 Å².